The molecule has 5 rings (SSSR count). The predicted octanol–water partition coefficient (Wildman–Crippen LogP) is 6.03. The van der Waals surface area contributed by atoms with Crippen molar-refractivity contribution in [3.63, 3.8) is 0 Å². The van der Waals surface area contributed by atoms with Gasteiger partial charge in [0.15, 0.2) is 0 Å². The molecular formula is C26H24F5N3O4. The van der Waals surface area contributed by atoms with Gasteiger partial charge in [0.25, 0.3) is 12.3 Å². The van der Waals surface area contributed by atoms with Gasteiger partial charge in [-0.2, -0.15) is 18.2 Å². The van der Waals surface area contributed by atoms with Crippen molar-refractivity contribution in [2.75, 3.05) is 6.61 Å². The molecule has 3 aromatic rings. The van der Waals surface area contributed by atoms with Gasteiger partial charge in [-0.05, 0) is 61.1 Å². The van der Waals surface area contributed by atoms with Crippen LogP contribution in [0.5, 0.6) is 5.75 Å². The first-order valence-corrected chi connectivity index (χ1v) is 12.1. The van der Waals surface area contributed by atoms with E-state index >= 15 is 0 Å². The molecule has 2 aromatic carbocycles. The number of nitrogens with zero attached hydrogens (tertiary/aromatic N) is 3. The average molecular weight is 537 g/mol. The van der Waals surface area contributed by atoms with Gasteiger partial charge in [-0.1, -0.05) is 17.3 Å². The third kappa shape index (κ3) is 5.50. The molecule has 1 saturated carbocycles. The van der Waals surface area contributed by atoms with Gasteiger partial charge in [0, 0.05) is 30.3 Å². The zero-order chi connectivity index (χ0) is 27.0. The number of hydrogen-bond donors (Lipinski definition) is 1. The molecule has 1 fully saturated rings. The zero-order valence-electron chi connectivity index (χ0n) is 20.0. The Balaban J connectivity index is 1.31. The lowest BCUT2D eigenvalue weighted by Gasteiger charge is -2.33. The summed E-state index contributed by atoms with van der Waals surface area (Å²) in [5, 5.41) is 13.2. The van der Waals surface area contributed by atoms with Gasteiger partial charge in [0.2, 0.25) is 5.82 Å². The molecule has 0 radical (unpaired) electrons. The quantitative estimate of drug-likeness (QED) is 0.369. The van der Waals surface area contributed by atoms with E-state index in [0.29, 0.717) is 31.0 Å². The first kappa shape index (κ1) is 26.1. The lowest BCUT2D eigenvalue weighted by molar-refractivity contribution is -0.143. The van der Waals surface area contributed by atoms with Crippen molar-refractivity contribution in [3.8, 4) is 28.6 Å². The number of carboxylic acids is 1. The lowest BCUT2D eigenvalue weighted by atomic mass is 9.85. The molecule has 0 spiro atoms. The Labute approximate surface area is 214 Å². The van der Waals surface area contributed by atoms with Gasteiger partial charge in [-0.15, -0.1) is 0 Å². The minimum absolute atomic E-state index is 0.0234. The van der Waals surface area contributed by atoms with Crippen LogP contribution in [0.25, 0.3) is 22.8 Å². The number of rotatable bonds is 7. The van der Waals surface area contributed by atoms with E-state index in [-0.39, 0.29) is 23.2 Å². The average Bonchev–Trinajstić information content (AvgIpc) is 3.54. The maximum Gasteiger partial charge on any atom is 0.419 e. The standard InChI is InChI=1S/C26H24F5N3O4/c27-22(28)13-37-21-8-5-16(10-20(21)26(29,30)31)24-32-23(33-38-24)15-1-2-17-11-34(12-18(17)9-15)19-6-3-14(4-7-19)25(35)36/h1-2,5,8-10,14,19,22H,3-4,6-7,11-13H2,(H,35,36). The smallest absolute Gasteiger partial charge is 0.419 e. The Morgan fingerprint density at radius 2 is 1.76 bits per heavy atom. The molecule has 202 valence electrons. The normalized spacial score (nSPS) is 20.1. The SMILES string of the molecule is O=C(O)C1CCC(N2Cc3ccc(-c4noc(-c5ccc(OCC(F)F)c(C(F)(F)F)c5)n4)cc3C2)CC1. The molecule has 2 aliphatic rings. The van der Waals surface area contributed by atoms with Crippen LogP contribution in [0.15, 0.2) is 40.9 Å². The van der Waals surface area contributed by atoms with Crippen LogP contribution in [0.1, 0.15) is 42.4 Å². The van der Waals surface area contributed by atoms with E-state index in [1.54, 1.807) is 0 Å². The molecule has 1 aliphatic heterocycles. The third-order valence-electron chi connectivity index (χ3n) is 7.10. The second-order valence-corrected chi connectivity index (χ2v) is 9.57. The lowest BCUT2D eigenvalue weighted by Crippen LogP contribution is -2.35. The van der Waals surface area contributed by atoms with Crippen LogP contribution < -0.4 is 4.74 Å². The maximum atomic E-state index is 13.5. The number of benzene rings is 2. The van der Waals surface area contributed by atoms with Crippen LogP contribution in [0.4, 0.5) is 22.0 Å². The number of hydrogen-bond acceptors (Lipinski definition) is 6. The van der Waals surface area contributed by atoms with Crippen molar-refractivity contribution in [1.29, 1.82) is 0 Å². The maximum absolute atomic E-state index is 13.5. The fraction of sp³-hybridized carbons (Fsp3) is 0.423. The summed E-state index contributed by atoms with van der Waals surface area (Å²) in [6, 6.07) is 8.95. The van der Waals surface area contributed by atoms with Crippen molar-refractivity contribution in [2.45, 2.75) is 57.4 Å². The number of aliphatic carboxylic acids is 1. The molecular weight excluding hydrogens is 513 g/mol. The number of ether oxygens (including phenoxy) is 1. The highest BCUT2D eigenvalue weighted by Gasteiger charge is 2.36. The monoisotopic (exact) mass is 537 g/mol. The zero-order valence-corrected chi connectivity index (χ0v) is 20.0. The Morgan fingerprint density at radius 1 is 1.05 bits per heavy atom. The highest BCUT2D eigenvalue weighted by molar-refractivity contribution is 5.70. The summed E-state index contributed by atoms with van der Waals surface area (Å²) in [7, 11) is 0. The van der Waals surface area contributed by atoms with Crippen LogP contribution in [0.2, 0.25) is 0 Å². The molecule has 1 aromatic heterocycles. The number of fused-ring (bicyclic) bond motifs is 1. The summed E-state index contributed by atoms with van der Waals surface area (Å²) in [4.78, 5) is 17.8. The summed E-state index contributed by atoms with van der Waals surface area (Å²) >= 11 is 0. The van der Waals surface area contributed by atoms with Gasteiger partial charge < -0.3 is 14.4 Å². The minimum atomic E-state index is -4.84. The van der Waals surface area contributed by atoms with E-state index in [1.165, 1.54) is 6.07 Å². The molecule has 0 atom stereocenters. The summed E-state index contributed by atoms with van der Waals surface area (Å²) in [5.74, 6) is -1.66. The molecule has 7 nitrogen and oxygen atoms in total. The number of carbonyl (C=O) groups is 1. The summed E-state index contributed by atoms with van der Waals surface area (Å²) < 4.78 is 75.3. The van der Waals surface area contributed by atoms with Crippen LogP contribution in [-0.2, 0) is 24.1 Å². The molecule has 0 saturated heterocycles. The molecule has 0 unspecified atom stereocenters. The largest absolute Gasteiger partial charge is 0.487 e. The molecule has 12 heteroatoms. The first-order valence-electron chi connectivity index (χ1n) is 12.1. The number of aromatic nitrogens is 2. The van der Waals surface area contributed by atoms with E-state index in [1.807, 2.05) is 18.2 Å². The molecule has 1 aliphatic carbocycles. The van der Waals surface area contributed by atoms with Crippen molar-refractivity contribution in [1.82, 2.24) is 15.0 Å². The Morgan fingerprint density at radius 3 is 2.45 bits per heavy atom. The number of carboxylic acid groups (broad SMARTS) is 1. The molecule has 0 bridgehead atoms. The Kier molecular flexibility index (Phi) is 7.08. The van der Waals surface area contributed by atoms with Crippen molar-refractivity contribution in [3.05, 3.63) is 53.1 Å². The first-order chi connectivity index (χ1) is 18.1. The number of halogens is 5. The summed E-state index contributed by atoms with van der Waals surface area (Å²) in [6.45, 7) is 0.299. The van der Waals surface area contributed by atoms with Gasteiger partial charge in [0.1, 0.15) is 12.4 Å². The predicted molar refractivity (Wildman–Crippen MR) is 124 cm³/mol. The topological polar surface area (TPSA) is 88.7 Å². The van der Waals surface area contributed by atoms with Crippen LogP contribution in [-0.4, -0.2) is 45.2 Å². The fourth-order valence-electron chi connectivity index (χ4n) is 5.13. The van der Waals surface area contributed by atoms with Gasteiger partial charge in [-0.3, -0.25) is 9.69 Å². The van der Waals surface area contributed by atoms with Crippen LogP contribution in [0, 0.1) is 5.92 Å². The third-order valence-corrected chi connectivity index (χ3v) is 7.10. The van der Waals surface area contributed by atoms with Crippen molar-refractivity contribution >= 4 is 5.97 Å². The Hall–Kier alpha value is -3.54. The van der Waals surface area contributed by atoms with Crippen LogP contribution in [0.3, 0.4) is 0 Å². The van der Waals surface area contributed by atoms with Gasteiger partial charge >= 0.3 is 12.1 Å². The Bertz CT molecular complexity index is 1320. The fourth-order valence-corrected chi connectivity index (χ4v) is 5.13. The second-order valence-electron chi connectivity index (χ2n) is 9.57. The van der Waals surface area contributed by atoms with Gasteiger partial charge in [-0.25, -0.2) is 8.78 Å². The minimum Gasteiger partial charge on any atom is -0.487 e. The van der Waals surface area contributed by atoms with Crippen molar-refractivity contribution < 1.29 is 41.1 Å². The highest BCUT2D eigenvalue weighted by atomic mass is 19.4. The summed E-state index contributed by atoms with van der Waals surface area (Å²) in [5.41, 5.74) is 1.62. The molecule has 1 N–H and O–H groups in total. The van der Waals surface area contributed by atoms with E-state index in [2.05, 4.69) is 19.8 Å². The second kappa shape index (κ2) is 10.3. The van der Waals surface area contributed by atoms with E-state index in [4.69, 9.17) is 4.52 Å². The molecule has 2 heterocycles. The van der Waals surface area contributed by atoms with E-state index in [9.17, 15) is 31.9 Å². The van der Waals surface area contributed by atoms with Crippen LogP contribution >= 0.6 is 0 Å². The highest BCUT2D eigenvalue weighted by Crippen LogP contribution is 2.39. The van der Waals surface area contributed by atoms with Crippen molar-refractivity contribution in [2.24, 2.45) is 5.92 Å². The van der Waals surface area contributed by atoms with E-state index < -0.39 is 36.5 Å². The number of alkyl halides is 5. The van der Waals surface area contributed by atoms with Gasteiger partial charge in [0.05, 0.1) is 11.5 Å². The van der Waals surface area contributed by atoms with E-state index in [0.717, 1.165) is 42.6 Å². The molecule has 0 amide bonds. The molecule has 38 heavy (non-hydrogen) atoms. The summed E-state index contributed by atoms with van der Waals surface area (Å²) in [6.07, 6.45) is -4.76.